The molecule has 0 N–H and O–H groups in total. The van der Waals surface area contributed by atoms with E-state index in [-0.39, 0.29) is 0 Å². The lowest BCUT2D eigenvalue weighted by molar-refractivity contribution is 1.01. The molecule has 0 aliphatic rings. The average Bonchev–Trinajstić information content (AvgIpc) is 2.71. The summed E-state index contributed by atoms with van der Waals surface area (Å²) in [7, 11) is 1.96. The van der Waals surface area contributed by atoms with Gasteiger partial charge in [-0.2, -0.15) is 0 Å². The smallest absolute Gasteiger partial charge is 0.189 e. The van der Waals surface area contributed by atoms with Gasteiger partial charge in [0.1, 0.15) is 0 Å². The molecule has 0 amide bonds. The molecule has 0 aliphatic heterocycles. The third kappa shape index (κ3) is 1.28. The van der Waals surface area contributed by atoms with Gasteiger partial charge in [-0.3, -0.25) is 0 Å². The largest absolute Gasteiger partial charge is 0.346 e. The molecule has 3 nitrogen and oxygen atoms in total. The summed E-state index contributed by atoms with van der Waals surface area (Å²) in [6.07, 6.45) is 0. The summed E-state index contributed by atoms with van der Waals surface area (Å²) in [5.74, 6) is 0. The summed E-state index contributed by atoms with van der Waals surface area (Å²) in [6.45, 7) is 14.1. The van der Waals surface area contributed by atoms with Crippen LogP contribution in [0.3, 0.4) is 0 Å². The predicted molar refractivity (Wildman–Crippen MR) is 72.9 cm³/mol. The summed E-state index contributed by atoms with van der Waals surface area (Å²) >= 11 is 0. The van der Waals surface area contributed by atoms with E-state index >= 15 is 0 Å². The Labute approximate surface area is 105 Å². The highest BCUT2D eigenvalue weighted by atomic mass is 14.9. The van der Waals surface area contributed by atoms with Crippen LogP contribution in [0.25, 0.3) is 31.5 Å². The van der Waals surface area contributed by atoms with Crippen molar-refractivity contribution >= 4 is 33.2 Å². The van der Waals surface area contributed by atoms with Crippen LogP contribution in [0.2, 0.25) is 0 Å². The molecule has 18 heavy (non-hydrogen) atoms. The summed E-state index contributed by atoms with van der Waals surface area (Å²) in [4.78, 5) is 6.91. The van der Waals surface area contributed by atoms with Crippen molar-refractivity contribution in [2.45, 2.75) is 0 Å². The monoisotopic (exact) mass is 231 g/mol. The quantitative estimate of drug-likeness (QED) is 0.508. The fourth-order valence-electron chi connectivity index (χ4n) is 2.32. The second-order valence-electron chi connectivity index (χ2n) is 4.19. The minimum atomic E-state index is 0.638. The molecular weight excluding hydrogens is 222 g/mol. The zero-order valence-corrected chi connectivity index (χ0v) is 9.81. The molecule has 0 saturated carbocycles. The highest BCUT2D eigenvalue weighted by Crippen LogP contribution is 2.32. The number of rotatable bonds is 0. The number of fused-ring (bicyclic) bond motifs is 3. The SMILES string of the molecule is [C-]#[N+]c1ccc2c3ccc([N+]#[C-])cc3n(C)c2c1. The van der Waals surface area contributed by atoms with Gasteiger partial charge in [0.25, 0.3) is 0 Å². The second kappa shape index (κ2) is 3.61. The predicted octanol–water partition coefficient (Wildman–Crippen LogP) is 4.43. The maximum atomic E-state index is 7.06. The number of hydrogen-bond acceptors (Lipinski definition) is 0. The third-order valence-electron chi connectivity index (χ3n) is 3.23. The van der Waals surface area contributed by atoms with Gasteiger partial charge in [0.15, 0.2) is 11.4 Å². The fourth-order valence-corrected chi connectivity index (χ4v) is 2.32. The van der Waals surface area contributed by atoms with Gasteiger partial charge in [-0.1, -0.05) is 24.3 Å². The lowest BCUT2D eigenvalue weighted by atomic mass is 10.1. The van der Waals surface area contributed by atoms with Crippen LogP contribution in [0.5, 0.6) is 0 Å². The first-order valence-electron chi connectivity index (χ1n) is 5.51. The molecular formula is C15H9N3. The van der Waals surface area contributed by atoms with Gasteiger partial charge >= 0.3 is 0 Å². The number of aryl methyl sites for hydroxylation is 1. The molecule has 0 bridgehead atoms. The van der Waals surface area contributed by atoms with E-state index < -0.39 is 0 Å². The topological polar surface area (TPSA) is 13.7 Å². The van der Waals surface area contributed by atoms with Crippen LogP contribution in [0.1, 0.15) is 0 Å². The Balaban J connectivity index is 2.51. The summed E-state index contributed by atoms with van der Waals surface area (Å²) < 4.78 is 2.04. The zero-order valence-electron chi connectivity index (χ0n) is 9.81. The van der Waals surface area contributed by atoms with Gasteiger partial charge in [0.05, 0.1) is 13.1 Å². The molecule has 2 aromatic carbocycles. The van der Waals surface area contributed by atoms with Crippen molar-refractivity contribution in [3.05, 3.63) is 59.2 Å². The molecule has 1 heterocycles. The molecule has 0 atom stereocenters. The van der Waals surface area contributed by atoms with Crippen molar-refractivity contribution in [1.82, 2.24) is 4.57 Å². The molecule has 0 saturated heterocycles. The Kier molecular flexibility index (Phi) is 2.08. The van der Waals surface area contributed by atoms with Crippen LogP contribution >= 0.6 is 0 Å². The van der Waals surface area contributed by atoms with E-state index in [1.165, 1.54) is 0 Å². The van der Waals surface area contributed by atoms with E-state index in [0.717, 1.165) is 21.8 Å². The van der Waals surface area contributed by atoms with Crippen molar-refractivity contribution in [1.29, 1.82) is 0 Å². The van der Waals surface area contributed by atoms with Crippen molar-refractivity contribution < 1.29 is 0 Å². The van der Waals surface area contributed by atoms with Crippen molar-refractivity contribution in [3.8, 4) is 0 Å². The Hall–Kier alpha value is -2.78. The molecule has 0 radical (unpaired) electrons. The molecule has 0 fully saturated rings. The van der Waals surface area contributed by atoms with Crippen molar-refractivity contribution in [2.75, 3.05) is 0 Å². The van der Waals surface area contributed by atoms with Crippen LogP contribution in [0.15, 0.2) is 36.4 Å². The van der Waals surface area contributed by atoms with Crippen molar-refractivity contribution in [3.63, 3.8) is 0 Å². The van der Waals surface area contributed by atoms with Gasteiger partial charge < -0.3 is 4.57 Å². The van der Waals surface area contributed by atoms with Gasteiger partial charge in [-0.05, 0) is 12.1 Å². The molecule has 3 aromatic rings. The summed E-state index contributed by atoms with van der Waals surface area (Å²) in [5, 5.41) is 2.24. The van der Waals surface area contributed by atoms with E-state index in [0.29, 0.717) is 11.4 Å². The van der Waals surface area contributed by atoms with E-state index in [1.807, 2.05) is 48.0 Å². The molecule has 0 unspecified atom stereocenters. The minimum Gasteiger partial charge on any atom is -0.346 e. The Morgan fingerprint density at radius 1 is 0.833 bits per heavy atom. The van der Waals surface area contributed by atoms with Crippen LogP contribution in [-0.2, 0) is 7.05 Å². The Morgan fingerprint density at radius 3 is 1.67 bits per heavy atom. The molecule has 3 heteroatoms. The lowest BCUT2D eigenvalue weighted by Crippen LogP contribution is -1.85. The molecule has 0 aliphatic carbocycles. The van der Waals surface area contributed by atoms with E-state index in [2.05, 4.69) is 9.69 Å². The van der Waals surface area contributed by atoms with Crippen LogP contribution in [0.4, 0.5) is 11.4 Å². The molecule has 1 aromatic heterocycles. The fraction of sp³-hybridized carbons (Fsp3) is 0.0667. The highest BCUT2D eigenvalue weighted by molar-refractivity contribution is 6.09. The lowest BCUT2D eigenvalue weighted by Gasteiger charge is -1.98. The highest BCUT2D eigenvalue weighted by Gasteiger charge is 2.08. The Morgan fingerprint density at radius 2 is 1.28 bits per heavy atom. The van der Waals surface area contributed by atoms with Gasteiger partial charge in [-0.15, -0.1) is 0 Å². The van der Waals surface area contributed by atoms with Gasteiger partial charge in [-0.25, -0.2) is 9.69 Å². The summed E-state index contributed by atoms with van der Waals surface area (Å²) in [6, 6.07) is 11.4. The zero-order chi connectivity index (χ0) is 12.7. The van der Waals surface area contributed by atoms with Gasteiger partial charge in [0.2, 0.25) is 0 Å². The van der Waals surface area contributed by atoms with Crippen LogP contribution < -0.4 is 0 Å². The number of aromatic nitrogens is 1. The number of benzene rings is 2. The maximum absolute atomic E-state index is 7.06. The Bertz CT molecular complexity index is 786. The minimum absolute atomic E-state index is 0.638. The van der Waals surface area contributed by atoms with Crippen molar-refractivity contribution in [2.24, 2.45) is 7.05 Å². The molecule has 0 spiro atoms. The average molecular weight is 231 g/mol. The number of nitrogens with zero attached hydrogens (tertiary/aromatic N) is 3. The standard InChI is InChI=1S/C15H9N3/c1-16-10-4-6-12-13-7-5-11(17-2)9-15(13)18(3)14(12)8-10/h4-9H,3H3. The normalized spacial score (nSPS) is 10.4. The second-order valence-corrected chi connectivity index (χ2v) is 4.19. The maximum Gasteiger partial charge on any atom is 0.189 e. The van der Waals surface area contributed by atoms with E-state index in [1.54, 1.807) is 0 Å². The van der Waals surface area contributed by atoms with E-state index in [4.69, 9.17) is 13.1 Å². The number of hydrogen-bond donors (Lipinski definition) is 0. The van der Waals surface area contributed by atoms with Crippen LogP contribution in [-0.4, -0.2) is 4.57 Å². The first kappa shape index (κ1) is 10.4. The first-order valence-corrected chi connectivity index (χ1v) is 5.51. The van der Waals surface area contributed by atoms with E-state index in [9.17, 15) is 0 Å². The van der Waals surface area contributed by atoms with Gasteiger partial charge in [0, 0.05) is 28.9 Å². The molecule has 3 rings (SSSR count). The molecule has 84 valence electrons. The summed E-state index contributed by atoms with van der Waals surface area (Å²) in [5.41, 5.74) is 3.33. The van der Waals surface area contributed by atoms with Crippen LogP contribution in [0, 0.1) is 13.1 Å². The first-order chi connectivity index (χ1) is 8.74. The third-order valence-corrected chi connectivity index (χ3v) is 3.23.